The molecular weight excluding hydrogens is 255 g/mol. The molecule has 6 heteroatoms. The summed E-state index contributed by atoms with van der Waals surface area (Å²) in [5.74, 6) is -1.14. The summed E-state index contributed by atoms with van der Waals surface area (Å²) < 4.78 is 5.10. The molecule has 1 aromatic carbocycles. The fourth-order valence-corrected chi connectivity index (χ4v) is 1.22. The highest BCUT2D eigenvalue weighted by Gasteiger charge is 2.31. The third kappa shape index (κ3) is 3.01. The van der Waals surface area contributed by atoms with Gasteiger partial charge in [-0.3, -0.25) is 0 Å². The van der Waals surface area contributed by atoms with Crippen molar-refractivity contribution in [3.8, 4) is 5.75 Å². The van der Waals surface area contributed by atoms with Crippen LogP contribution in [0.2, 0.25) is 10.0 Å². The molecule has 4 nitrogen and oxygen atoms in total. The zero-order valence-electron chi connectivity index (χ0n) is 8.41. The van der Waals surface area contributed by atoms with Crippen LogP contribution in [0.5, 0.6) is 5.75 Å². The fraction of sp³-hybridized carbons (Fsp3) is 0.300. The number of hydrogen-bond donors (Lipinski definition) is 2. The maximum absolute atomic E-state index is 10.6. The van der Waals surface area contributed by atoms with E-state index in [0.717, 1.165) is 6.92 Å². The minimum atomic E-state index is -1.97. The van der Waals surface area contributed by atoms with Crippen molar-refractivity contribution in [2.75, 3.05) is 6.61 Å². The van der Waals surface area contributed by atoms with Crippen molar-refractivity contribution in [3.05, 3.63) is 28.2 Å². The Morgan fingerprint density at radius 2 is 2.12 bits per heavy atom. The van der Waals surface area contributed by atoms with E-state index in [9.17, 15) is 9.90 Å². The average Bonchev–Trinajstić information content (AvgIpc) is 2.20. The lowest BCUT2D eigenvalue weighted by atomic mass is 10.1. The second-order valence-corrected chi connectivity index (χ2v) is 4.20. The summed E-state index contributed by atoms with van der Waals surface area (Å²) in [4.78, 5) is 10.6. The van der Waals surface area contributed by atoms with Crippen LogP contribution in [0, 0.1) is 0 Å². The normalized spacial score (nSPS) is 14.2. The van der Waals surface area contributed by atoms with Gasteiger partial charge in [0.05, 0.1) is 5.02 Å². The van der Waals surface area contributed by atoms with Crippen LogP contribution >= 0.6 is 23.2 Å². The molecule has 1 unspecified atom stereocenters. The zero-order chi connectivity index (χ0) is 12.3. The van der Waals surface area contributed by atoms with Gasteiger partial charge in [0.2, 0.25) is 0 Å². The third-order valence-corrected chi connectivity index (χ3v) is 2.69. The van der Waals surface area contributed by atoms with E-state index in [1.165, 1.54) is 6.07 Å². The highest BCUT2D eigenvalue weighted by Crippen LogP contribution is 2.31. The summed E-state index contributed by atoms with van der Waals surface area (Å²) >= 11 is 11.6. The molecular formula is C10H10Cl2O4. The lowest BCUT2D eigenvalue weighted by molar-refractivity contribution is -0.159. The van der Waals surface area contributed by atoms with E-state index >= 15 is 0 Å². The molecule has 0 amide bonds. The summed E-state index contributed by atoms with van der Waals surface area (Å²) in [5, 5.41) is 18.6. The molecule has 0 bridgehead atoms. The Balaban J connectivity index is 2.76. The Bertz CT molecular complexity index is 404. The Morgan fingerprint density at radius 1 is 1.50 bits per heavy atom. The molecule has 16 heavy (non-hydrogen) atoms. The summed E-state index contributed by atoms with van der Waals surface area (Å²) in [6.45, 7) is 0.718. The van der Waals surface area contributed by atoms with Gasteiger partial charge in [-0.2, -0.15) is 0 Å². The van der Waals surface area contributed by atoms with E-state index in [2.05, 4.69) is 0 Å². The van der Waals surface area contributed by atoms with Gasteiger partial charge in [0.15, 0.2) is 5.60 Å². The van der Waals surface area contributed by atoms with Crippen LogP contribution in [0.4, 0.5) is 0 Å². The van der Waals surface area contributed by atoms with Gasteiger partial charge in [-0.05, 0) is 19.1 Å². The number of aliphatic hydroxyl groups is 1. The molecule has 1 aromatic rings. The van der Waals surface area contributed by atoms with Crippen molar-refractivity contribution >= 4 is 29.2 Å². The minimum Gasteiger partial charge on any atom is -0.488 e. The van der Waals surface area contributed by atoms with Crippen LogP contribution in [0.25, 0.3) is 0 Å². The number of carbonyl (C=O) groups is 1. The smallest absolute Gasteiger partial charge is 0.339 e. The molecule has 0 aliphatic rings. The zero-order valence-corrected chi connectivity index (χ0v) is 9.92. The summed E-state index contributed by atoms with van der Waals surface area (Å²) in [5.41, 5.74) is -1.97. The number of halogens is 2. The monoisotopic (exact) mass is 264 g/mol. The fourth-order valence-electron chi connectivity index (χ4n) is 0.876. The van der Waals surface area contributed by atoms with Gasteiger partial charge in [0, 0.05) is 0 Å². The first-order valence-corrected chi connectivity index (χ1v) is 5.13. The standard InChI is InChI=1S/C10H10Cl2O4/c1-10(15,9(13)14)5-16-7-4-2-3-6(11)8(7)12/h2-4,15H,5H2,1H3,(H,13,14). The molecule has 0 heterocycles. The summed E-state index contributed by atoms with van der Waals surface area (Å²) in [7, 11) is 0. The molecule has 0 saturated carbocycles. The lowest BCUT2D eigenvalue weighted by Crippen LogP contribution is -2.41. The number of carboxylic acids is 1. The second-order valence-electron chi connectivity index (χ2n) is 3.42. The Hall–Kier alpha value is -0.970. The average molecular weight is 265 g/mol. The summed E-state index contributed by atoms with van der Waals surface area (Å²) in [6.07, 6.45) is 0. The molecule has 0 spiro atoms. The van der Waals surface area contributed by atoms with Crippen LogP contribution in [0.15, 0.2) is 18.2 Å². The molecule has 0 saturated heterocycles. The highest BCUT2D eigenvalue weighted by molar-refractivity contribution is 6.42. The molecule has 88 valence electrons. The Morgan fingerprint density at radius 3 is 2.69 bits per heavy atom. The molecule has 0 aliphatic carbocycles. The third-order valence-electron chi connectivity index (χ3n) is 1.89. The lowest BCUT2D eigenvalue weighted by Gasteiger charge is -2.18. The van der Waals surface area contributed by atoms with Crippen molar-refractivity contribution in [2.24, 2.45) is 0 Å². The maximum atomic E-state index is 10.6. The van der Waals surface area contributed by atoms with Crippen LogP contribution in [-0.2, 0) is 4.79 Å². The molecule has 0 aromatic heterocycles. The number of benzene rings is 1. The maximum Gasteiger partial charge on any atom is 0.339 e. The highest BCUT2D eigenvalue weighted by atomic mass is 35.5. The number of rotatable bonds is 4. The number of ether oxygens (including phenoxy) is 1. The van der Waals surface area contributed by atoms with Crippen LogP contribution in [0.3, 0.4) is 0 Å². The van der Waals surface area contributed by atoms with E-state index < -0.39 is 18.2 Å². The van der Waals surface area contributed by atoms with Gasteiger partial charge < -0.3 is 14.9 Å². The van der Waals surface area contributed by atoms with E-state index in [4.69, 9.17) is 33.0 Å². The van der Waals surface area contributed by atoms with Crippen LogP contribution in [0.1, 0.15) is 6.92 Å². The largest absolute Gasteiger partial charge is 0.488 e. The van der Waals surface area contributed by atoms with E-state index in [1.54, 1.807) is 12.1 Å². The van der Waals surface area contributed by atoms with Gasteiger partial charge in [-0.25, -0.2) is 4.79 Å². The predicted molar refractivity (Wildman–Crippen MR) is 60.2 cm³/mol. The molecule has 0 aliphatic heterocycles. The van der Waals surface area contributed by atoms with Gasteiger partial charge in [0.25, 0.3) is 0 Å². The van der Waals surface area contributed by atoms with Gasteiger partial charge in [-0.1, -0.05) is 29.3 Å². The molecule has 1 atom stereocenters. The molecule has 0 radical (unpaired) electrons. The van der Waals surface area contributed by atoms with Crippen molar-refractivity contribution in [1.29, 1.82) is 0 Å². The first kappa shape index (κ1) is 13.1. The quantitative estimate of drug-likeness (QED) is 0.875. The first-order chi connectivity index (χ1) is 7.34. The Labute approximate surface area is 102 Å². The van der Waals surface area contributed by atoms with Gasteiger partial charge >= 0.3 is 5.97 Å². The van der Waals surface area contributed by atoms with Crippen molar-refractivity contribution in [1.82, 2.24) is 0 Å². The minimum absolute atomic E-state index is 0.186. The Kier molecular flexibility index (Phi) is 4.02. The van der Waals surface area contributed by atoms with E-state index in [1.807, 2.05) is 0 Å². The van der Waals surface area contributed by atoms with Gasteiger partial charge in [0.1, 0.15) is 17.4 Å². The number of hydrogen-bond acceptors (Lipinski definition) is 3. The summed E-state index contributed by atoms with van der Waals surface area (Å²) in [6, 6.07) is 4.72. The van der Waals surface area contributed by atoms with Crippen molar-refractivity contribution in [2.45, 2.75) is 12.5 Å². The molecule has 0 fully saturated rings. The number of aliphatic carboxylic acids is 1. The van der Waals surface area contributed by atoms with Crippen LogP contribution in [-0.4, -0.2) is 28.4 Å². The van der Waals surface area contributed by atoms with E-state index in [-0.39, 0.29) is 10.8 Å². The topological polar surface area (TPSA) is 66.8 Å². The predicted octanol–water partition coefficient (Wildman–Crippen LogP) is 2.21. The molecule has 2 N–H and O–H groups in total. The SMILES string of the molecule is CC(O)(COc1cccc(Cl)c1Cl)C(=O)O. The van der Waals surface area contributed by atoms with Crippen molar-refractivity contribution < 1.29 is 19.7 Å². The first-order valence-electron chi connectivity index (χ1n) is 4.37. The number of carboxylic acid groups (broad SMARTS) is 1. The van der Waals surface area contributed by atoms with Crippen molar-refractivity contribution in [3.63, 3.8) is 0 Å². The van der Waals surface area contributed by atoms with E-state index in [0.29, 0.717) is 5.02 Å². The van der Waals surface area contributed by atoms with Crippen LogP contribution < -0.4 is 4.74 Å². The molecule has 1 rings (SSSR count). The van der Waals surface area contributed by atoms with Gasteiger partial charge in [-0.15, -0.1) is 0 Å². The second kappa shape index (κ2) is 4.91.